The summed E-state index contributed by atoms with van der Waals surface area (Å²) >= 11 is 1.19. The number of aliphatic hydroxyl groups is 1. The van der Waals surface area contributed by atoms with E-state index < -0.39 is 18.7 Å². The number of rotatable bonds is 2. The maximum Gasteiger partial charge on any atom is 0.414 e. The highest BCUT2D eigenvalue weighted by atomic mass is 32.1. The molecule has 80 valence electrons. The average molecular weight is 225 g/mol. The van der Waals surface area contributed by atoms with Gasteiger partial charge in [0.2, 0.25) is 0 Å². The van der Waals surface area contributed by atoms with Gasteiger partial charge in [-0.2, -0.15) is 13.2 Å². The number of halogens is 3. The quantitative estimate of drug-likeness (QED) is 0.837. The van der Waals surface area contributed by atoms with Crippen molar-refractivity contribution in [2.24, 2.45) is 0 Å². The lowest BCUT2D eigenvalue weighted by Gasteiger charge is -2.12. The van der Waals surface area contributed by atoms with Gasteiger partial charge in [0.15, 0.2) is 6.10 Å². The van der Waals surface area contributed by atoms with Crippen LogP contribution in [0.25, 0.3) is 0 Å². The number of hydrogen-bond acceptors (Lipinski definition) is 3. The molecule has 0 saturated heterocycles. The Balaban J connectivity index is 2.70. The second-order valence-corrected chi connectivity index (χ2v) is 4.30. The molecule has 0 aromatic carbocycles. The lowest BCUT2D eigenvalue weighted by molar-refractivity contribution is -0.203. The zero-order valence-electron chi connectivity index (χ0n) is 7.72. The minimum Gasteiger partial charge on any atom is -0.383 e. The van der Waals surface area contributed by atoms with E-state index in [9.17, 15) is 13.2 Å². The molecule has 0 aliphatic heterocycles. The summed E-state index contributed by atoms with van der Waals surface area (Å²) in [7, 11) is 0. The molecule has 1 heterocycles. The smallest absolute Gasteiger partial charge is 0.383 e. The van der Waals surface area contributed by atoms with Crippen LogP contribution in [-0.4, -0.2) is 22.4 Å². The van der Waals surface area contributed by atoms with E-state index in [-0.39, 0.29) is 0 Å². The Bertz CT molecular complexity index is 301. The summed E-state index contributed by atoms with van der Waals surface area (Å²) < 4.78 is 35.9. The fourth-order valence-corrected chi connectivity index (χ4v) is 1.88. The molecular weight excluding hydrogens is 215 g/mol. The molecule has 1 atom stereocenters. The Hall–Kier alpha value is -0.620. The first-order chi connectivity index (χ1) is 6.30. The van der Waals surface area contributed by atoms with Gasteiger partial charge in [0, 0.05) is 11.3 Å². The van der Waals surface area contributed by atoms with Gasteiger partial charge in [0.25, 0.3) is 0 Å². The Morgan fingerprint density at radius 1 is 1.43 bits per heavy atom. The Morgan fingerprint density at radius 3 is 2.36 bits per heavy atom. The van der Waals surface area contributed by atoms with Gasteiger partial charge in [-0.15, -0.1) is 11.3 Å². The predicted molar refractivity (Wildman–Crippen MR) is 47.4 cm³/mol. The minimum absolute atomic E-state index is 0.324. The van der Waals surface area contributed by atoms with Gasteiger partial charge in [0.1, 0.15) is 0 Å². The molecule has 0 aliphatic carbocycles. The van der Waals surface area contributed by atoms with Crippen LogP contribution in [0.15, 0.2) is 0 Å². The van der Waals surface area contributed by atoms with Crippen LogP contribution in [0, 0.1) is 13.8 Å². The second kappa shape index (κ2) is 3.86. The molecule has 0 fully saturated rings. The first-order valence-electron chi connectivity index (χ1n) is 3.98. The Morgan fingerprint density at radius 2 is 2.00 bits per heavy atom. The largest absolute Gasteiger partial charge is 0.414 e. The van der Waals surface area contributed by atoms with Gasteiger partial charge >= 0.3 is 6.18 Å². The van der Waals surface area contributed by atoms with E-state index >= 15 is 0 Å². The number of aromatic nitrogens is 1. The molecule has 0 bridgehead atoms. The summed E-state index contributed by atoms with van der Waals surface area (Å²) in [6.07, 6.45) is -7.33. The summed E-state index contributed by atoms with van der Waals surface area (Å²) in [5, 5.41) is 9.10. The van der Waals surface area contributed by atoms with Gasteiger partial charge in [0.05, 0.1) is 10.7 Å². The van der Waals surface area contributed by atoms with Gasteiger partial charge in [-0.25, -0.2) is 4.98 Å². The van der Waals surface area contributed by atoms with E-state index in [0.717, 1.165) is 10.6 Å². The average Bonchev–Trinajstić information content (AvgIpc) is 2.29. The van der Waals surface area contributed by atoms with Crippen molar-refractivity contribution in [1.82, 2.24) is 4.98 Å². The van der Waals surface area contributed by atoms with Crippen LogP contribution >= 0.6 is 11.3 Å². The summed E-state index contributed by atoms with van der Waals surface area (Å²) in [4.78, 5) is 4.81. The molecule has 1 aromatic rings. The van der Waals surface area contributed by atoms with Crippen molar-refractivity contribution in [2.75, 3.05) is 0 Å². The van der Waals surface area contributed by atoms with E-state index in [1.165, 1.54) is 11.3 Å². The number of hydrogen-bond donors (Lipinski definition) is 1. The molecule has 0 unspecified atom stereocenters. The summed E-state index contributed by atoms with van der Waals surface area (Å²) in [5.41, 5.74) is 0.722. The zero-order valence-corrected chi connectivity index (χ0v) is 8.54. The topological polar surface area (TPSA) is 33.1 Å². The third kappa shape index (κ3) is 2.68. The highest BCUT2D eigenvalue weighted by Crippen LogP contribution is 2.25. The van der Waals surface area contributed by atoms with Crippen molar-refractivity contribution in [3.05, 3.63) is 15.6 Å². The van der Waals surface area contributed by atoms with Crippen LogP contribution in [0.4, 0.5) is 13.2 Å². The molecule has 0 radical (unpaired) electrons. The lowest BCUT2D eigenvalue weighted by atomic mass is 10.2. The Kier molecular flexibility index (Phi) is 3.16. The molecule has 6 heteroatoms. The number of thiazole rings is 1. The van der Waals surface area contributed by atoms with Gasteiger partial charge < -0.3 is 5.11 Å². The van der Waals surface area contributed by atoms with Crippen LogP contribution in [-0.2, 0) is 6.42 Å². The van der Waals surface area contributed by atoms with Crippen molar-refractivity contribution in [2.45, 2.75) is 32.5 Å². The van der Waals surface area contributed by atoms with E-state index in [0.29, 0.717) is 5.01 Å². The first-order valence-corrected chi connectivity index (χ1v) is 4.80. The van der Waals surface area contributed by atoms with E-state index in [4.69, 9.17) is 5.11 Å². The summed E-state index contributed by atoms with van der Waals surface area (Å²) in [6.45, 7) is 3.52. The third-order valence-electron chi connectivity index (χ3n) is 1.82. The standard InChI is InChI=1S/C8H10F3NOS/c1-4-5(2)14-7(12-4)3-6(13)8(9,10)11/h6,13H,3H2,1-2H3/t6-/m0/s1. The number of nitrogens with zero attached hydrogens (tertiary/aromatic N) is 1. The maximum absolute atomic E-state index is 12.0. The summed E-state index contributed by atoms with van der Waals surface area (Å²) in [5.74, 6) is 0. The van der Waals surface area contributed by atoms with Crippen LogP contribution in [0.1, 0.15) is 15.6 Å². The van der Waals surface area contributed by atoms with Crippen molar-refractivity contribution in [3.8, 4) is 0 Å². The monoisotopic (exact) mass is 225 g/mol. The molecule has 0 spiro atoms. The van der Waals surface area contributed by atoms with Crippen molar-refractivity contribution in [3.63, 3.8) is 0 Å². The van der Waals surface area contributed by atoms with Gasteiger partial charge in [-0.1, -0.05) is 0 Å². The Labute approximate surface area is 83.4 Å². The summed E-state index contributed by atoms with van der Waals surface area (Å²) in [6, 6.07) is 0. The molecule has 1 N–H and O–H groups in total. The van der Waals surface area contributed by atoms with E-state index in [1.807, 2.05) is 0 Å². The maximum atomic E-state index is 12.0. The van der Waals surface area contributed by atoms with Crippen LogP contribution < -0.4 is 0 Å². The SMILES string of the molecule is Cc1nc(C[C@H](O)C(F)(F)F)sc1C. The molecule has 0 amide bonds. The van der Waals surface area contributed by atoms with Crippen molar-refractivity contribution in [1.29, 1.82) is 0 Å². The van der Waals surface area contributed by atoms with Crippen LogP contribution in [0.5, 0.6) is 0 Å². The highest BCUT2D eigenvalue weighted by molar-refractivity contribution is 7.11. The molecule has 0 saturated carbocycles. The molecule has 1 aromatic heterocycles. The van der Waals surface area contributed by atoms with Gasteiger partial charge in [-0.05, 0) is 13.8 Å². The minimum atomic E-state index is -4.56. The highest BCUT2D eigenvalue weighted by Gasteiger charge is 2.38. The fourth-order valence-electron chi connectivity index (χ4n) is 0.908. The fraction of sp³-hybridized carbons (Fsp3) is 0.625. The molecular formula is C8H10F3NOS. The van der Waals surface area contributed by atoms with E-state index in [2.05, 4.69) is 4.98 Å². The first kappa shape index (κ1) is 11.5. The second-order valence-electron chi connectivity index (χ2n) is 3.01. The molecule has 2 nitrogen and oxygen atoms in total. The number of alkyl halides is 3. The lowest BCUT2D eigenvalue weighted by Crippen LogP contribution is -2.30. The zero-order chi connectivity index (χ0) is 10.9. The third-order valence-corrected chi connectivity index (χ3v) is 2.91. The van der Waals surface area contributed by atoms with Crippen LogP contribution in [0.2, 0.25) is 0 Å². The molecule has 1 rings (SSSR count). The molecule has 14 heavy (non-hydrogen) atoms. The van der Waals surface area contributed by atoms with Gasteiger partial charge in [-0.3, -0.25) is 0 Å². The van der Waals surface area contributed by atoms with Crippen LogP contribution in [0.3, 0.4) is 0 Å². The molecule has 0 aliphatic rings. The number of aliphatic hydroxyl groups excluding tert-OH is 1. The van der Waals surface area contributed by atoms with Crippen molar-refractivity contribution >= 4 is 11.3 Å². The van der Waals surface area contributed by atoms with Crippen molar-refractivity contribution < 1.29 is 18.3 Å². The number of aryl methyl sites for hydroxylation is 2. The van der Waals surface area contributed by atoms with E-state index in [1.54, 1.807) is 13.8 Å². The normalized spacial score (nSPS) is 14.4. The predicted octanol–water partition coefficient (Wildman–Crippen LogP) is 2.23.